The van der Waals surface area contributed by atoms with Crippen LogP contribution in [0.5, 0.6) is 0 Å². The van der Waals surface area contributed by atoms with Gasteiger partial charge >= 0.3 is 11.9 Å². The van der Waals surface area contributed by atoms with Crippen molar-refractivity contribution in [3.8, 4) is 11.5 Å². The van der Waals surface area contributed by atoms with Crippen LogP contribution in [0, 0.1) is 12.7 Å². The fourth-order valence-electron chi connectivity index (χ4n) is 4.87. The molecule has 0 spiro atoms. The molecule has 5 rings (SSSR count). The molecule has 3 aromatic carbocycles. The van der Waals surface area contributed by atoms with Gasteiger partial charge in [-0.2, -0.15) is 17.9 Å². The van der Waals surface area contributed by atoms with E-state index in [1.807, 2.05) is 30.3 Å². The molecule has 0 radical (unpaired) electrons. The van der Waals surface area contributed by atoms with E-state index in [4.69, 9.17) is 4.74 Å². The summed E-state index contributed by atoms with van der Waals surface area (Å²) in [5.74, 6) is -1.13. The lowest BCUT2D eigenvalue weighted by atomic mass is 9.99. The summed E-state index contributed by atoms with van der Waals surface area (Å²) in [5.41, 5.74) is -1.91. The van der Waals surface area contributed by atoms with Crippen molar-refractivity contribution in [2.24, 2.45) is 0 Å². The lowest BCUT2D eigenvalue weighted by Crippen LogP contribution is -2.32. The number of allylic oxidation sites excluding steroid dienone is 1. The minimum atomic E-state index is -4.96. The zero-order valence-corrected chi connectivity index (χ0v) is 22.8. The summed E-state index contributed by atoms with van der Waals surface area (Å²) < 4.78 is 66.1. The first kappa shape index (κ1) is 28.7. The van der Waals surface area contributed by atoms with Crippen molar-refractivity contribution >= 4 is 16.3 Å². The third-order valence-corrected chi connectivity index (χ3v) is 6.92. The summed E-state index contributed by atoms with van der Waals surface area (Å²) in [6, 6.07) is 18.7. The van der Waals surface area contributed by atoms with E-state index >= 15 is 0 Å². The molecule has 0 amide bonds. The number of nitrogens with zero attached hydrogens (tertiary/aromatic N) is 4. The molecule has 0 fully saturated rings. The predicted octanol–water partition coefficient (Wildman–Crippen LogP) is 6.10. The number of alkyl halides is 3. The molecule has 216 valence electrons. The molecule has 2 aromatic heterocycles. The Kier molecular flexibility index (Phi) is 7.70. The van der Waals surface area contributed by atoms with Crippen molar-refractivity contribution in [3.63, 3.8) is 0 Å². The maximum absolute atomic E-state index is 14.3. The van der Waals surface area contributed by atoms with E-state index in [-0.39, 0.29) is 42.0 Å². The second-order valence-electron chi connectivity index (χ2n) is 9.63. The van der Waals surface area contributed by atoms with E-state index in [9.17, 15) is 27.2 Å². The first-order chi connectivity index (χ1) is 20.0. The third-order valence-electron chi connectivity index (χ3n) is 6.92. The number of aromatic nitrogens is 4. The van der Waals surface area contributed by atoms with Gasteiger partial charge in [0, 0.05) is 12.1 Å². The highest BCUT2D eigenvalue weighted by molar-refractivity contribution is 5.97. The highest BCUT2D eigenvalue weighted by Gasteiger charge is 2.38. The molecule has 2 heterocycles. The maximum atomic E-state index is 14.3. The fourth-order valence-corrected chi connectivity index (χ4v) is 4.87. The molecule has 0 unspecified atom stereocenters. The second-order valence-corrected chi connectivity index (χ2v) is 9.63. The van der Waals surface area contributed by atoms with Crippen molar-refractivity contribution in [3.05, 3.63) is 129 Å². The number of hydrogen-bond acceptors (Lipinski definition) is 4. The summed E-state index contributed by atoms with van der Waals surface area (Å²) in [6.07, 6.45) is -4.96. The Balaban J connectivity index is 1.83. The Hall–Kier alpha value is -4.77. The summed E-state index contributed by atoms with van der Waals surface area (Å²) in [6.45, 7) is 6.84. The Morgan fingerprint density at radius 2 is 1.64 bits per heavy atom. The van der Waals surface area contributed by atoms with E-state index < -0.39 is 40.2 Å². The normalized spacial score (nSPS) is 11.8. The lowest BCUT2D eigenvalue weighted by molar-refractivity contribution is -0.0686. The number of aryl methyl sites for hydroxylation is 1. The summed E-state index contributed by atoms with van der Waals surface area (Å²) >= 11 is 0. The Bertz CT molecular complexity index is 1920. The van der Waals surface area contributed by atoms with Crippen LogP contribution >= 0.6 is 0 Å². The monoisotopic (exact) mass is 578 g/mol. The van der Waals surface area contributed by atoms with Gasteiger partial charge in [-0.05, 0) is 48.6 Å². The molecule has 0 N–H and O–H groups in total. The van der Waals surface area contributed by atoms with Gasteiger partial charge in [-0.1, -0.05) is 61.2 Å². The van der Waals surface area contributed by atoms with Crippen LogP contribution in [0.4, 0.5) is 17.6 Å². The summed E-state index contributed by atoms with van der Waals surface area (Å²) in [7, 11) is 0. The van der Waals surface area contributed by atoms with Gasteiger partial charge in [0.25, 0.3) is 5.56 Å². The standard InChI is InChI=1S/C31H26F4N4O3/c1-4-37-26(18-42-17-21-11-6-5-7-12-21)36-39(30(37)41)28-27(20(3)31(33,34)35)23-15-14-22(32)16-24(23)29(40)38(28)25-13-9-8-10-19(25)2/h5-16H,3-4,17-18H2,1-2H3. The van der Waals surface area contributed by atoms with Crippen molar-refractivity contribution in [1.82, 2.24) is 18.9 Å². The second kappa shape index (κ2) is 11.2. The van der Waals surface area contributed by atoms with Crippen LogP contribution in [0.15, 0.2) is 89.0 Å². The van der Waals surface area contributed by atoms with E-state index in [1.54, 1.807) is 32.0 Å². The number of benzene rings is 3. The average Bonchev–Trinajstić information content (AvgIpc) is 3.27. The molecular formula is C31H26F4N4O3. The number of halogens is 4. The molecule has 0 saturated carbocycles. The maximum Gasteiger partial charge on any atom is 0.416 e. The number of para-hydroxylation sites is 1. The van der Waals surface area contributed by atoms with Crippen molar-refractivity contribution < 1.29 is 22.3 Å². The minimum absolute atomic E-state index is 0.131. The van der Waals surface area contributed by atoms with Gasteiger partial charge in [0.2, 0.25) is 0 Å². The molecular weight excluding hydrogens is 552 g/mol. The molecule has 0 saturated heterocycles. The molecule has 0 aliphatic rings. The molecule has 7 nitrogen and oxygen atoms in total. The van der Waals surface area contributed by atoms with Crippen LogP contribution in [0.2, 0.25) is 0 Å². The number of rotatable bonds is 8. The van der Waals surface area contributed by atoms with Gasteiger partial charge in [0.1, 0.15) is 12.4 Å². The smallest absolute Gasteiger partial charge is 0.369 e. The van der Waals surface area contributed by atoms with E-state index in [1.165, 1.54) is 10.6 Å². The Labute approximate surface area is 237 Å². The van der Waals surface area contributed by atoms with Crippen LogP contribution in [-0.4, -0.2) is 25.1 Å². The summed E-state index contributed by atoms with van der Waals surface area (Å²) in [4.78, 5) is 27.7. The van der Waals surface area contributed by atoms with Gasteiger partial charge in [-0.3, -0.25) is 13.9 Å². The first-order valence-electron chi connectivity index (χ1n) is 13.0. The molecule has 5 aromatic rings. The number of pyridine rings is 1. The van der Waals surface area contributed by atoms with Crippen molar-refractivity contribution in [2.45, 2.75) is 39.8 Å². The van der Waals surface area contributed by atoms with Gasteiger partial charge < -0.3 is 4.74 Å². The zero-order valence-electron chi connectivity index (χ0n) is 22.8. The van der Waals surface area contributed by atoms with E-state index in [2.05, 4.69) is 11.7 Å². The van der Waals surface area contributed by atoms with Crippen LogP contribution in [0.1, 0.15) is 29.4 Å². The number of ether oxygens (including phenoxy) is 1. The molecule has 0 aliphatic heterocycles. The van der Waals surface area contributed by atoms with Gasteiger partial charge in [0.05, 0.1) is 23.3 Å². The lowest BCUT2D eigenvalue weighted by Gasteiger charge is -2.22. The number of hydrogen-bond donors (Lipinski definition) is 0. The molecule has 42 heavy (non-hydrogen) atoms. The molecule has 0 atom stereocenters. The Morgan fingerprint density at radius 3 is 2.31 bits per heavy atom. The summed E-state index contributed by atoms with van der Waals surface area (Å²) in [5, 5.41) is 3.86. The van der Waals surface area contributed by atoms with Crippen LogP contribution in [0.3, 0.4) is 0 Å². The van der Waals surface area contributed by atoms with Gasteiger partial charge in [-0.25, -0.2) is 9.18 Å². The minimum Gasteiger partial charge on any atom is -0.369 e. The first-order valence-corrected chi connectivity index (χ1v) is 13.0. The Morgan fingerprint density at radius 1 is 0.952 bits per heavy atom. The third kappa shape index (κ3) is 5.18. The highest BCUT2D eigenvalue weighted by atomic mass is 19.4. The SMILES string of the molecule is C=C(c1c(-n2nc(COCc3ccccc3)n(CC)c2=O)n(-c2ccccc2C)c(=O)c2cc(F)ccc12)C(F)(F)F. The highest BCUT2D eigenvalue weighted by Crippen LogP contribution is 2.39. The average molecular weight is 579 g/mol. The number of fused-ring (bicyclic) bond motifs is 1. The van der Waals surface area contributed by atoms with Crippen LogP contribution in [0.25, 0.3) is 27.9 Å². The van der Waals surface area contributed by atoms with E-state index in [0.29, 0.717) is 5.56 Å². The van der Waals surface area contributed by atoms with Gasteiger partial charge in [0.15, 0.2) is 11.6 Å². The van der Waals surface area contributed by atoms with Crippen LogP contribution < -0.4 is 11.2 Å². The predicted molar refractivity (Wildman–Crippen MR) is 151 cm³/mol. The van der Waals surface area contributed by atoms with Crippen molar-refractivity contribution in [1.29, 1.82) is 0 Å². The molecule has 0 aliphatic carbocycles. The van der Waals surface area contributed by atoms with Crippen LogP contribution in [-0.2, 0) is 24.5 Å². The molecule has 11 heteroatoms. The largest absolute Gasteiger partial charge is 0.416 e. The zero-order chi connectivity index (χ0) is 30.2. The fraction of sp³-hybridized carbons (Fsp3) is 0.194. The van der Waals surface area contributed by atoms with E-state index in [0.717, 1.165) is 33.0 Å². The topological polar surface area (TPSA) is 71.0 Å². The quantitative estimate of drug-likeness (QED) is 0.209. The van der Waals surface area contributed by atoms with Crippen molar-refractivity contribution in [2.75, 3.05) is 0 Å². The van der Waals surface area contributed by atoms with Gasteiger partial charge in [-0.15, -0.1) is 5.10 Å². The molecule has 0 bridgehead atoms.